The molecule has 132 valence electrons. The number of rotatable bonds is 5. The van der Waals surface area contributed by atoms with Crippen LogP contribution in [-0.2, 0) is 0 Å². The molecule has 0 aliphatic carbocycles. The number of anilines is 1. The minimum absolute atomic E-state index is 0.694. The van der Waals surface area contributed by atoms with Gasteiger partial charge in [-0.05, 0) is 36.4 Å². The van der Waals surface area contributed by atoms with E-state index in [9.17, 15) is 0 Å². The number of halogens is 1. The molecule has 0 saturated heterocycles. The molecule has 0 atom stereocenters. The molecule has 4 rings (SSSR count). The third-order valence-corrected chi connectivity index (χ3v) is 4.30. The van der Waals surface area contributed by atoms with Gasteiger partial charge in [-0.3, -0.25) is 5.43 Å². The Kier molecular flexibility index (Phi) is 4.99. The monoisotopic (exact) mass is 372 g/mol. The highest BCUT2D eigenvalue weighted by atomic mass is 35.5. The van der Waals surface area contributed by atoms with E-state index < -0.39 is 0 Å². The van der Waals surface area contributed by atoms with Gasteiger partial charge in [-0.15, -0.1) is 0 Å². The van der Waals surface area contributed by atoms with Crippen LogP contribution in [0.4, 0.5) is 5.69 Å². The second-order valence-electron chi connectivity index (χ2n) is 5.96. The summed E-state index contributed by atoms with van der Waals surface area (Å²) in [4.78, 5) is 0. The molecular formula is C22H17ClN4. The smallest absolute Gasteiger partial charge is 0.102 e. The molecule has 0 fully saturated rings. The molecule has 1 N–H and O–H groups in total. The van der Waals surface area contributed by atoms with Crippen molar-refractivity contribution in [3.05, 3.63) is 102 Å². The second-order valence-corrected chi connectivity index (χ2v) is 6.39. The molecule has 1 aromatic heterocycles. The normalized spacial score (nSPS) is 11.0. The van der Waals surface area contributed by atoms with Crippen LogP contribution in [0, 0.1) is 0 Å². The van der Waals surface area contributed by atoms with Gasteiger partial charge in [0.15, 0.2) is 0 Å². The Hall–Kier alpha value is -3.37. The van der Waals surface area contributed by atoms with Gasteiger partial charge in [-0.2, -0.15) is 10.2 Å². The number of nitrogens with zero attached hydrogens (tertiary/aromatic N) is 3. The maximum atomic E-state index is 5.91. The van der Waals surface area contributed by atoms with Crippen molar-refractivity contribution in [1.29, 1.82) is 0 Å². The molecule has 4 aromatic rings. The third kappa shape index (κ3) is 4.07. The molecule has 0 amide bonds. The van der Waals surface area contributed by atoms with Crippen molar-refractivity contribution in [2.45, 2.75) is 0 Å². The van der Waals surface area contributed by atoms with Crippen LogP contribution in [0.3, 0.4) is 0 Å². The Bertz CT molecular complexity index is 1040. The van der Waals surface area contributed by atoms with Gasteiger partial charge in [0.05, 0.1) is 17.6 Å². The summed E-state index contributed by atoms with van der Waals surface area (Å²) < 4.78 is 1.87. The van der Waals surface area contributed by atoms with Crippen molar-refractivity contribution in [3.8, 4) is 16.9 Å². The number of benzene rings is 3. The van der Waals surface area contributed by atoms with Crippen molar-refractivity contribution >= 4 is 23.5 Å². The molecule has 4 nitrogen and oxygen atoms in total. The molecule has 1 heterocycles. The van der Waals surface area contributed by atoms with E-state index in [1.807, 2.05) is 95.8 Å². The molecule has 27 heavy (non-hydrogen) atoms. The zero-order valence-electron chi connectivity index (χ0n) is 14.5. The summed E-state index contributed by atoms with van der Waals surface area (Å²) in [6, 6.07) is 27.5. The van der Waals surface area contributed by atoms with E-state index in [0.717, 1.165) is 28.2 Å². The lowest BCUT2D eigenvalue weighted by Crippen LogP contribution is -1.93. The molecule has 0 saturated carbocycles. The molecule has 0 unspecified atom stereocenters. The molecule has 3 aromatic carbocycles. The molecule has 0 bridgehead atoms. The van der Waals surface area contributed by atoms with E-state index in [1.54, 1.807) is 6.21 Å². The fourth-order valence-corrected chi connectivity index (χ4v) is 2.84. The quantitative estimate of drug-likeness (QED) is 0.364. The zero-order chi connectivity index (χ0) is 18.5. The summed E-state index contributed by atoms with van der Waals surface area (Å²) in [5.74, 6) is 0. The lowest BCUT2D eigenvalue weighted by molar-refractivity contribution is 0.884. The summed E-state index contributed by atoms with van der Waals surface area (Å²) in [5.41, 5.74) is 7.73. The number of hydrogen-bond donors (Lipinski definition) is 1. The maximum Gasteiger partial charge on any atom is 0.102 e. The summed E-state index contributed by atoms with van der Waals surface area (Å²) in [6.07, 6.45) is 3.76. The Morgan fingerprint density at radius 3 is 2.22 bits per heavy atom. The largest absolute Gasteiger partial charge is 0.279 e. The van der Waals surface area contributed by atoms with Gasteiger partial charge in [0.1, 0.15) is 5.69 Å². The van der Waals surface area contributed by atoms with Gasteiger partial charge in [0.25, 0.3) is 0 Å². The van der Waals surface area contributed by atoms with E-state index in [-0.39, 0.29) is 0 Å². The fourth-order valence-electron chi connectivity index (χ4n) is 2.72. The highest BCUT2D eigenvalue weighted by molar-refractivity contribution is 6.30. The van der Waals surface area contributed by atoms with Crippen molar-refractivity contribution < 1.29 is 0 Å². The molecule has 0 aliphatic heterocycles. The van der Waals surface area contributed by atoms with Crippen molar-refractivity contribution in [2.24, 2.45) is 5.10 Å². The molecule has 0 radical (unpaired) electrons. The summed E-state index contributed by atoms with van der Waals surface area (Å²) in [7, 11) is 0. The van der Waals surface area contributed by atoms with Crippen LogP contribution in [0.5, 0.6) is 0 Å². The summed E-state index contributed by atoms with van der Waals surface area (Å²) in [6.45, 7) is 0. The fraction of sp³-hybridized carbons (Fsp3) is 0. The highest BCUT2D eigenvalue weighted by Crippen LogP contribution is 2.22. The number of para-hydroxylation sites is 1. The maximum absolute atomic E-state index is 5.91. The van der Waals surface area contributed by atoms with Crippen LogP contribution in [-0.4, -0.2) is 16.0 Å². The first-order valence-corrected chi connectivity index (χ1v) is 8.92. The van der Waals surface area contributed by atoms with Gasteiger partial charge in [-0.25, -0.2) is 4.68 Å². The first kappa shape index (κ1) is 17.1. The predicted molar refractivity (Wildman–Crippen MR) is 112 cm³/mol. The third-order valence-electron chi connectivity index (χ3n) is 4.05. The molecule has 5 heteroatoms. The SMILES string of the molecule is Clc1ccc(N/N=C\c2cn(-c3ccccc3)nc2-c2ccccc2)cc1. The number of aromatic nitrogens is 2. The Morgan fingerprint density at radius 2 is 1.52 bits per heavy atom. The van der Waals surface area contributed by atoms with E-state index in [0.29, 0.717) is 5.02 Å². The molecular weight excluding hydrogens is 356 g/mol. The van der Waals surface area contributed by atoms with Crippen molar-refractivity contribution in [3.63, 3.8) is 0 Å². The average molecular weight is 373 g/mol. The van der Waals surface area contributed by atoms with Crippen LogP contribution >= 0.6 is 11.6 Å². The van der Waals surface area contributed by atoms with Gasteiger partial charge < -0.3 is 0 Å². The van der Waals surface area contributed by atoms with Gasteiger partial charge >= 0.3 is 0 Å². The summed E-state index contributed by atoms with van der Waals surface area (Å²) in [5, 5.41) is 9.83. The molecule has 0 spiro atoms. The van der Waals surface area contributed by atoms with Gasteiger partial charge in [0.2, 0.25) is 0 Å². The van der Waals surface area contributed by atoms with E-state index in [4.69, 9.17) is 16.7 Å². The standard InChI is InChI=1S/C22H17ClN4/c23-19-11-13-20(14-12-19)25-24-15-18-16-27(21-9-5-2-6-10-21)26-22(18)17-7-3-1-4-8-17/h1-16,25H/b24-15-. The van der Waals surface area contributed by atoms with E-state index in [2.05, 4.69) is 10.5 Å². The number of hydrogen-bond acceptors (Lipinski definition) is 3. The van der Waals surface area contributed by atoms with Crippen LogP contribution in [0.2, 0.25) is 5.02 Å². The van der Waals surface area contributed by atoms with Crippen LogP contribution in [0.1, 0.15) is 5.56 Å². The number of hydrazone groups is 1. The average Bonchev–Trinajstić information content (AvgIpc) is 3.15. The van der Waals surface area contributed by atoms with Gasteiger partial charge in [0, 0.05) is 22.3 Å². The van der Waals surface area contributed by atoms with Crippen molar-refractivity contribution in [1.82, 2.24) is 9.78 Å². The highest BCUT2D eigenvalue weighted by Gasteiger charge is 2.10. The Balaban J connectivity index is 1.66. The van der Waals surface area contributed by atoms with Crippen LogP contribution in [0.25, 0.3) is 16.9 Å². The summed E-state index contributed by atoms with van der Waals surface area (Å²) >= 11 is 5.91. The minimum Gasteiger partial charge on any atom is -0.279 e. The Morgan fingerprint density at radius 1 is 0.852 bits per heavy atom. The van der Waals surface area contributed by atoms with Gasteiger partial charge in [-0.1, -0.05) is 60.1 Å². The lowest BCUT2D eigenvalue weighted by atomic mass is 10.1. The minimum atomic E-state index is 0.694. The van der Waals surface area contributed by atoms with Crippen LogP contribution in [0.15, 0.2) is 96.2 Å². The lowest BCUT2D eigenvalue weighted by Gasteiger charge is -2.00. The Labute approximate surface area is 162 Å². The second kappa shape index (κ2) is 7.89. The predicted octanol–water partition coefficient (Wildman–Crippen LogP) is 5.64. The first-order chi connectivity index (χ1) is 13.3. The first-order valence-electron chi connectivity index (χ1n) is 8.55. The van der Waals surface area contributed by atoms with E-state index in [1.165, 1.54) is 0 Å². The number of nitrogens with one attached hydrogen (secondary N) is 1. The van der Waals surface area contributed by atoms with Crippen molar-refractivity contribution in [2.75, 3.05) is 5.43 Å². The topological polar surface area (TPSA) is 42.2 Å². The zero-order valence-corrected chi connectivity index (χ0v) is 15.2. The van der Waals surface area contributed by atoms with Crippen LogP contribution < -0.4 is 5.43 Å². The molecule has 0 aliphatic rings. The van der Waals surface area contributed by atoms with E-state index >= 15 is 0 Å².